The van der Waals surface area contributed by atoms with E-state index in [4.69, 9.17) is 0 Å². The number of halogens is 1. The van der Waals surface area contributed by atoms with Gasteiger partial charge in [0, 0.05) is 17.5 Å². The van der Waals surface area contributed by atoms with Crippen molar-refractivity contribution in [3.8, 4) is 11.4 Å². The topological polar surface area (TPSA) is 25.2 Å². The molecule has 0 saturated heterocycles. The first kappa shape index (κ1) is 9.77. The van der Waals surface area contributed by atoms with Gasteiger partial charge in [0.15, 0.2) is 11.6 Å². The molecule has 2 rings (SSSR count). The molecule has 1 N–H and O–H groups in total. The van der Waals surface area contributed by atoms with Crippen molar-refractivity contribution in [2.24, 2.45) is 0 Å². The van der Waals surface area contributed by atoms with E-state index in [1.165, 1.54) is 12.1 Å². The second kappa shape index (κ2) is 3.42. The van der Waals surface area contributed by atoms with Gasteiger partial charge in [-0.2, -0.15) is 0 Å². The molecule has 3 heteroatoms. The van der Waals surface area contributed by atoms with E-state index in [1.807, 2.05) is 26.0 Å². The molecule has 1 aromatic carbocycles. The van der Waals surface area contributed by atoms with E-state index < -0.39 is 5.82 Å². The smallest absolute Gasteiger partial charge is 0.189 e. The first-order chi connectivity index (χ1) is 7.11. The predicted molar refractivity (Wildman–Crippen MR) is 55.7 cm³/mol. The first-order valence-electron chi connectivity index (χ1n) is 4.65. The minimum atomic E-state index is -0.639. The Balaban J connectivity index is 2.69. The van der Waals surface area contributed by atoms with Crippen LogP contribution < -0.4 is 0 Å². The van der Waals surface area contributed by atoms with Crippen molar-refractivity contribution < 1.29 is 9.50 Å². The van der Waals surface area contributed by atoms with Crippen LogP contribution in [0.1, 0.15) is 11.4 Å². The highest BCUT2D eigenvalue weighted by molar-refractivity contribution is 5.43. The van der Waals surface area contributed by atoms with Gasteiger partial charge in [-0.25, -0.2) is 4.39 Å². The number of hydrogen-bond acceptors (Lipinski definition) is 1. The molecule has 1 radical (unpaired) electrons. The number of rotatable bonds is 1. The van der Waals surface area contributed by atoms with Gasteiger partial charge in [0.2, 0.25) is 0 Å². The number of aromatic hydroxyl groups is 1. The van der Waals surface area contributed by atoms with E-state index in [9.17, 15) is 9.50 Å². The zero-order valence-electron chi connectivity index (χ0n) is 8.58. The largest absolute Gasteiger partial charge is 0.505 e. The second-order valence-corrected chi connectivity index (χ2v) is 3.48. The van der Waals surface area contributed by atoms with Crippen molar-refractivity contribution in [3.63, 3.8) is 0 Å². The van der Waals surface area contributed by atoms with Crippen molar-refractivity contribution in [1.82, 2.24) is 4.57 Å². The lowest BCUT2D eigenvalue weighted by atomic mass is 10.2. The maximum Gasteiger partial charge on any atom is 0.189 e. The number of nitrogens with zero attached hydrogens (tertiary/aromatic N) is 1. The molecule has 0 spiro atoms. The Morgan fingerprint density at radius 1 is 1.20 bits per heavy atom. The lowest BCUT2D eigenvalue weighted by molar-refractivity contribution is 0.430. The molecule has 2 nitrogen and oxygen atoms in total. The summed E-state index contributed by atoms with van der Waals surface area (Å²) in [5, 5.41) is 9.27. The molecule has 1 aromatic heterocycles. The fourth-order valence-electron chi connectivity index (χ4n) is 1.64. The van der Waals surface area contributed by atoms with Crippen LogP contribution in [0.25, 0.3) is 5.69 Å². The number of phenols is 1. The van der Waals surface area contributed by atoms with Crippen molar-refractivity contribution in [1.29, 1.82) is 0 Å². The zero-order valence-corrected chi connectivity index (χ0v) is 8.58. The molecule has 15 heavy (non-hydrogen) atoms. The van der Waals surface area contributed by atoms with E-state index in [0.29, 0.717) is 0 Å². The van der Waals surface area contributed by atoms with Crippen LogP contribution >= 0.6 is 0 Å². The Morgan fingerprint density at radius 3 is 2.40 bits per heavy atom. The maximum atomic E-state index is 13.6. The summed E-state index contributed by atoms with van der Waals surface area (Å²) in [5.74, 6) is -0.990. The SMILES string of the molecule is Cc1ccc(C)n1-c1[c]ccc(O)c1F. The van der Waals surface area contributed by atoms with Crippen LogP contribution in [0.3, 0.4) is 0 Å². The Morgan fingerprint density at radius 2 is 1.80 bits per heavy atom. The molecule has 0 aliphatic rings. The number of phenolic OH excluding ortho intramolecular Hbond substituents is 1. The third-order valence-electron chi connectivity index (χ3n) is 2.39. The number of benzene rings is 1. The van der Waals surface area contributed by atoms with E-state index in [0.717, 1.165) is 11.4 Å². The molecule has 0 fully saturated rings. The Hall–Kier alpha value is -1.77. The summed E-state index contributed by atoms with van der Waals surface area (Å²) in [5.41, 5.74) is 2.08. The lowest BCUT2D eigenvalue weighted by Gasteiger charge is -2.10. The molecule has 0 unspecified atom stereocenters. The third kappa shape index (κ3) is 1.50. The summed E-state index contributed by atoms with van der Waals surface area (Å²) < 4.78 is 15.3. The van der Waals surface area contributed by atoms with E-state index in [1.54, 1.807) is 4.57 Å². The van der Waals surface area contributed by atoms with E-state index >= 15 is 0 Å². The normalized spacial score (nSPS) is 10.6. The van der Waals surface area contributed by atoms with Gasteiger partial charge in [0.25, 0.3) is 0 Å². The third-order valence-corrected chi connectivity index (χ3v) is 2.39. The molecule has 0 amide bonds. The molecular formula is C12H11FNO. The van der Waals surface area contributed by atoms with Gasteiger partial charge in [-0.3, -0.25) is 0 Å². The summed E-state index contributed by atoms with van der Waals surface area (Å²) >= 11 is 0. The maximum absolute atomic E-state index is 13.6. The van der Waals surface area contributed by atoms with Crippen molar-refractivity contribution >= 4 is 0 Å². The van der Waals surface area contributed by atoms with Gasteiger partial charge in [-0.05, 0) is 38.1 Å². The molecular weight excluding hydrogens is 193 g/mol. The van der Waals surface area contributed by atoms with Crippen LogP contribution in [-0.2, 0) is 0 Å². The second-order valence-electron chi connectivity index (χ2n) is 3.48. The number of aromatic nitrogens is 1. The number of hydrogen-bond donors (Lipinski definition) is 1. The zero-order chi connectivity index (χ0) is 11.0. The van der Waals surface area contributed by atoms with Gasteiger partial charge >= 0.3 is 0 Å². The molecule has 0 atom stereocenters. The predicted octanol–water partition coefficient (Wildman–Crippen LogP) is 2.74. The van der Waals surface area contributed by atoms with Crippen LogP contribution in [0, 0.1) is 25.7 Å². The van der Waals surface area contributed by atoms with E-state index in [-0.39, 0.29) is 11.4 Å². The molecule has 1 heterocycles. The Bertz CT molecular complexity index is 483. The van der Waals surface area contributed by atoms with Crippen molar-refractivity contribution in [2.75, 3.05) is 0 Å². The Labute approximate surface area is 87.6 Å². The summed E-state index contributed by atoms with van der Waals surface area (Å²) in [6, 6.07) is 9.37. The van der Waals surface area contributed by atoms with Crippen LogP contribution in [0.4, 0.5) is 4.39 Å². The molecule has 77 valence electrons. The summed E-state index contributed by atoms with van der Waals surface area (Å²) in [4.78, 5) is 0. The minimum Gasteiger partial charge on any atom is -0.505 e. The van der Waals surface area contributed by atoms with Crippen molar-refractivity contribution in [3.05, 3.63) is 47.5 Å². The molecule has 0 bridgehead atoms. The summed E-state index contributed by atoms with van der Waals surface area (Å²) in [7, 11) is 0. The standard InChI is InChI=1S/C12H11FNO/c1-8-6-7-9(2)14(8)10-4-3-5-11(15)12(10)13/h3,5-7,15H,1-2H3. The monoisotopic (exact) mass is 204 g/mol. The molecule has 0 saturated carbocycles. The summed E-state index contributed by atoms with van der Waals surface area (Å²) in [6.07, 6.45) is 0. The van der Waals surface area contributed by atoms with E-state index in [2.05, 4.69) is 6.07 Å². The highest BCUT2D eigenvalue weighted by atomic mass is 19.1. The highest BCUT2D eigenvalue weighted by Crippen LogP contribution is 2.24. The Kier molecular flexibility index (Phi) is 2.23. The average Bonchev–Trinajstić information content (AvgIpc) is 2.52. The van der Waals surface area contributed by atoms with Gasteiger partial charge in [-0.15, -0.1) is 0 Å². The molecule has 0 aliphatic heterocycles. The molecule has 0 aliphatic carbocycles. The minimum absolute atomic E-state index is 0.259. The fraction of sp³-hybridized carbons (Fsp3) is 0.167. The van der Waals surface area contributed by atoms with Gasteiger partial charge in [0.1, 0.15) is 0 Å². The van der Waals surface area contributed by atoms with Crippen LogP contribution in [0.5, 0.6) is 5.75 Å². The van der Waals surface area contributed by atoms with Gasteiger partial charge in [-0.1, -0.05) is 0 Å². The van der Waals surface area contributed by atoms with Gasteiger partial charge < -0.3 is 9.67 Å². The van der Waals surface area contributed by atoms with Crippen molar-refractivity contribution in [2.45, 2.75) is 13.8 Å². The van der Waals surface area contributed by atoms with Crippen LogP contribution in [-0.4, -0.2) is 9.67 Å². The van der Waals surface area contributed by atoms with Gasteiger partial charge in [0.05, 0.1) is 5.69 Å². The quantitative estimate of drug-likeness (QED) is 0.759. The van der Waals surface area contributed by atoms with Crippen LogP contribution in [0.2, 0.25) is 0 Å². The summed E-state index contributed by atoms with van der Waals surface area (Å²) in [6.45, 7) is 3.76. The fourth-order valence-corrected chi connectivity index (χ4v) is 1.64. The highest BCUT2D eigenvalue weighted by Gasteiger charge is 2.11. The number of aryl methyl sites for hydroxylation is 2. The van der Waals surface area contributed by atoms with Crippen LogP contribution in [0.15, 0.2) is 24.3 Å². The first-order valence-corrected chi connectivity index (χ1v) is 4.65. The average molecular weight is 204 g/mol. The lowest BCUT2D eigenvalue weighted by Crippen LogP contribution is -2.01. The molecule has 2 aromatic rings.